The first kappa shape index (κ1) is 14.5. The highest BCUT2D eigenvalue weighted by atomic mass is 79.9. The van der Waals surface area contributed by atoms with Gasteiger partial charge in [0, 0.05) is 43.1 Å². The summed E-state index contributed by atoms with van der Waals surface area (Å²) in [5.41, 5.74) is 0. The number of rotatable bonds is 4. The Balaban J connectivity index is 1.83. The van der Waals surface area contributed by atoms with Gasteiger partial charge in [0.1, 0.15) is 0 Å². The predicted molar refractivity (Wildman–Crippen MR) is 82.4 cm³/mol. The summed E-state index contributed by atoms with van der Waals surface area (Å²) in [5, 5.41) is 3.65. The highest BCUT2D eigenvalue weighted by Crippen LogP contribution is 2.27. The van der Waals surface area contributed by atoms with Crippen LogP contribution in [0.3, 0.4) is 0 Å². The molecule has 0 radical (unpaired) electrons. The molecule has 1 aromatic rings. The summed E-state index contributed by atoms with van der Waals surface area (Å²) in [7, 11) is 4.44. The van der Waals surface area contributed by atoms with Gasteiger partial charge in [0.25, 0.3) is 0 Å². The molecule has 2 atom stereocenters. The van der Waals surface area contributed by atoms with E-state index < -0.39 is 0 Å². The van der Waals surface area contributed by atoms with Gasteiger partial charge in [-0.05, 0) is 49.1 Å². The van der Waals surface area contributed by atoms with Gasteiger partial charge in [-0.15, -0.1) is 11.3 Å². The predicted octanol–water partition coefficient (Wildman–Crippen LogP) is 2.41. The molecular formula is C13H22BrN3S. The van der Waals surface area contributed by atoms with Crippen molar-refractivity contribution in [3.8, 4) is 0 Å². The third-order valence-corrected chi connectivity index (χ3v) is 5.47. The molecule has 1 N–H and O–H groups in total. The molecule has 3 nitrogen and oxygen atoms in total. The van der Waals surface area contributed by atoms with Crippen molar-refractivity contribution in [2.75, 3.05) is 40.3 Å². The minimum Gasteiger partial charge on any atom is -0.308 e. The summed E-state index contributed by atoms with van der Waals surface area (Å²) < 4.78 is 1.21. The number of nitrogens with zero attached hydrogens (tertiary/aromatic N) is 2. The van der Waals surface area contributed by atoms with E-state index in [0.717, 1.165) is 13.1 Å². The Labute approximate surface area is 122 Å². The lowest BCUT2D eigenvalue weighted by molar-refractivity contribution is 0.112. The molecule has 0 bridgehead atoms. The van der Waals surface area contributed by atoms with Crippen LogP contribution in [-0.4, -0.2) is 56.1 Å². The van der Waals surface area contributed by atoms with E-state index in [1.807, 2.05) is 11.3 Å². The van der Waals surface area contributed by atoms with Crippen molar-refractivity contribution < 1.29 is 0 Å². The lowest BCUT2D eigenvalue weighted by Crippen LogP contribution is -2.53. The van der Waals surface area contributed by atoms with Crippen molar-refractivity contribution in [1.82, 2.24) is 15.1 Å². The van der Waals surface area contributed by atoms with Crippen LogP contribution in [0.5, 0.6) is 0 Å². The van der Waals surface area contributed by atoms with E-state index in [4.69, 9.17) is 0 Å². The topological polar surface area (TPSA) is 18.5 Å². The van der Waals surface area contributed by atoms with E-state index in [-0.39, 0.29) is 0 Å². The normalized spacial score (nSPS) is 24.3. The zero-order valence-corrected chi connectivity index (χ0v) is 13.7. The number of hydrogen-bond donors (Lipinski definition) is 1. The SMILES string of the molecule is CC(NCC1CN(C)CCN1C)c1ccc(Br)s1. The van der Waals surface area contributed by atoms with Crippen LogP contribution < -0.4 is 5.32 Å². The minimum atomic E-state index is 0.432. The van der Waals surface area contributed by atoms with Crippen LogP contribution in [0.15, 0.2) is 15.9 Å². The molecule has 2 unspecified atom stereocenters. The number of likely N-dealkylation sites (N-methyl/N-ethyl adjacent to an activating group) is 2. The Morgan fingerprint density at radius 3 is 2.89 bits per heavy atom. The number of halogens is 1. The summed E-state index contributed by atoms with van der Waals surface area (Å²) in [6.07, 6.45) is 0. The molecule has 1 aliphatic rings. The van der Waals surface area contributed by atoms with Crippen LogP contribution in [-0.2, 0) is 0 Å². The average Bonchev–Trinajstić information content (AvgIpc) is 2.77. The van der Waals surface area contributed by atoms with Crippen LogP contribution >= 0.6 is 27.3 Å². The fraction of sp³-hybridized carbons (Fsp3) is 0.692. The average molecular weight is 332 g/mol. The Morgan fingerprint density at radius 1 is 1.44 bits per heavy atom. The van der Waals surface area contributed by atoms with Crippen molar-refractivity contribution in [1.29, 1.82) is 0 Å². The van der Waals surface area contributed by atoms with Crippen LogP contribution in [0.4, 0.5) is 0 Å². The number of piperazine rings is 1. The summed E-state index contributed by atoms with van der Waals surface area (Å²) in [6, 6.07) is 5.37. The van der Waals surface area contributed by atoms with Gasteiger partial charge in [-0.2, -0.15) is 0 Å². The number of thiophene rings is 1. The second-order valence-electron chi connectivity index (χ2n) is 5.17. The summed E-state index contributed by atoms with van der Waals surface area (Å²) in [5.74, 6) is 0. The first-order chi connectivity index (χ1) is 8.56. The quantitative estimate of drug-likeness (QED) is 0.914. The first-order valence-corrected chi connectivity index (χ1v) is 8.04. The van der Waals surface area contributed by atoms with Crippen molar-refractivity contribution in [2.24, 2.45) is 0 Å². The zero-order valence-electron chi connectivity index (χ0n) is 11.3. The van der Waals surface area contributed by atoms with Gasteiger partial charge in [-0.1, -0.05) is 0 Å². The van der Waals surface area contributed by atoms with E-state index >= 15 is 0 Å². The van der Waals surface area contributed by atoms with E-state index in [9.17, 15) is 0 Å². The van der Waals surface area contributed by atoms with Crippen molar-refractivity contribution >= 4 is 27.3 Å². The Bertz CT molecular complexity index is 382. The standard InChI is InChI=1S/C13H22BrN3S/c1-10(12-4-5-13(14)18-12)15-8-11-9-16(2)6-7-17(11)3/h4-5,10-11,15H,6-9H2,1-3H3. The molecule has 1 fully saturated rings. The smallest absolute Gasteiger partial charge is 0.0701 e. The Kier molecular flexibility index (Phi) is 5.21. The van der Waals surface area contributed by atoms with Crippen LogP contribution in [0.1, 0.15) is 17.8 Å². The fourth-order valence-electron chi connectivity index (χ4n) is 2.30. The van der Waals surface area contributed by atoms with Crippen molar-refractivity contribution in [3.05, 3.63) is 20.8 Å². The van der Waals surface area contributed by atoms with Gasteiger partial charge in [0.2, 0.25) is 0 Å². The maximum atomic E-state index is 3.65. The summed E-state index contributed by atoms with van der Waals surface area (Å²) >= 11 is 5.34. The van der Waals surface area contributed by atoms with Crippen LogP contribution in [0.2, 0.25) is 0 Å². The molecule has 0 aliphatic carbocycles. The molecule has 1 saturated heterocycles. The Morgan fingerprint density at radius 2 is 2.22 bits per heavy atom. The van der Waals surface area contributed by atoms with E-state index in [1.54, 1.807) is 0 Å². The molecule has 0 spiro atoms. The van der Waals surface area contributed by atoms with Gasteiger partial charge in [0.15, 0.2) is 0 Å². The molecule has 102 valence electrons. The van der Waals surface area contributed by atoms with E-state index in [1.165, 1.54) is 21.8 Å². The van der Waals surface area contributed by atoms with Crippen LogP contribution in [0.25, 0.3) is 0 Å². The summed E-state index contributed by atoms with van der Waals surface area (Å²) in [6.45, 7) is 6.80. The highest BCUT2D eigenvalue weighted by molar-refractivity contribution is 9.11. The lowest BCUT2D eigenvalue weighted by atomic mass is 10.1. The molecule has 5 heteroatoms. The molecule has 0 amide bonds. The molecule has 1 aliphatic heterocycles. The molecular weight excluding hydrogens is 310 g/mol. The Hall–Kier alpha value is 0.0600. The minimum absolute atomic E-state index is 0.432. The molecule has 0 aromatic carbocycles. The molecule has 2 heterocycles. The number of nitrogens with one attached hydrogen (secondary N) is 1. The zero-order chi connectivity index (χ0) is 13.1. The van der Waals surface area contributed by atoms with Crippen LogP contribution in [0, 0.1) is 0 Å². The third kappa shape index (κ3) is 3.78. The molecule has 18 heavy (non-hydrogen) atoms. The summed E-state index contributed by atoms with van der Waals surface area (Å²) in [4.78, 5) is 6.27. The first-order valence-electron chi connectivity index (χ1n) is 6.43. The molecule has 0 saturated carbocycles. The lowest BCUT2D eigenvalue weighted by Gasteiger charge is -2.38. The largest absolute Gasteiger partial charge is 0.308 e. The maximum Gasteiger partial charge on any atom is 0.0701 e. The van der Waals surface area contributed by atoms with E-state index in [0.29, 0.717) is 12.1 Å². The van der Waals surface area contributed by atoms with Crippen molar-refractivity contribution in [3.63, 3.8) is 0 Å². The van der Waals surface area contributed by atoms with Gasteiger partial charge < -0.3 is 10.2 Å². The number of hydrogen-bond acceptors (Lipinski definition) is 4. The van der Waals surface area contributed by atoms with Gasteiger partial charge in [-0.3, -0.25) is 4.90 Å². The molecule has 1 aromatic heterocycles. The van der Waals surface area contributed by atoms with Gasteiger partial charge in [0.05, 0.1) is 3.79 Å². The fourth-order valence-corrected chi connectivity index (χ4v) is 3.75. The van der Waals surface area contributed by atoms with Crippen molar-refractivity contribution in [2.45, 2.75) is 19.0 Å². The second-order valence-corrected chi connectivity index (χ2v) is 7.66. The van der Waals surface area contributed by atoms with Gasteiger partial charge in [-0.25, -0.2) is 0 Å². The highest BCUT2D eigenvalue weighted by Gasteiger charge is 2.22. The second kappa shape index (κ2) is 6.48. The van der Waals surface area contributed by atoms with E-state index in [2.05, 4.69) is 64.2 Å². The monoisotopic (exact) mass is 331 g/mol. The molecule has 2 rings (SSSR count). The van der Waals surface area contributed by atoms with Gasteiger partial charge >= 0.3 is 0 Å². The maximum absolute atomic E-state index is 3.65. The third-order valence-electron chi connectivity index (χ3n) is 3.66.